The highest BCUT2D eigenvalue weighted by Gasteiger charge is 2.11. The van der Waals surface area contributed by atoms with Gasteiger partial charge in [-0.05, 0) is 18.8 Å². The lowest BCUT2D eigenvalue weighted by molar-refractivity contribution is 0.188. The van der Waals surface area contributed by atoms with Gasteiger partial charge < -0.3 is 0 Å². The Balaban J connectivity index is 0.000000371. The summed E-state index contributed by atoms with van der Waals surface area (Å²) in [5.74, 6) is 6.37. The molecule has 0 aromatic heterocycles. The van der Waals surface area contributed by atoms with Gasteiger partial charge >= 0.3 is 0 Å². The standard InChI is InChI=1S/C6H14N2.C2H6/c1-6-3-2-4-8(7)5-6;1-2/h6H,2-5,7H2,1H3;1-2H3. The first-order valence-electron chi connectivity index (χ1n) is 4.28. The minimum Gasteiger partial charge on any atom is -0.269 e. The molecule has 1 aliphatic heterocycles. The molecule has 2 heteroatoms. The van der Waals surface area contributed by atoms with Crippen LogP contribution in [0.3, 0.4) is 0 Å². The largest absolute Gasteiger partial charge is 0.269 e. The molecule has 0 aromatic carbocycles. The fourth-order valence-electron chi connectivity index (χ4n) is 1.23. The number of hydrogen-bond acceptors (Lipinski definition) is 2. The van der Waals surface area contributed by atoms with Crippen LogP contribution in [-0.2, 0) is 0 Å². The van der Waals surface area contributed by atoms with E-state index >= 15 is 0 Å². The highest BCUT2D eigenvalue weighted by Crippen LogP contribution is 2.11. The maximum absolute atomic E-state index is 5.56. The number of piperidine rings is 1. The minimum absolute atomic E-state index is 0.814. The van der Waals surface area contributed by atoms with Crippen LogP contribution in [0.5, 0.6) is 0 Å². The van der Waals surface area contributed by atoms with E-state index in [2.05, 4.69) is 6.92 Å². The van der Waals surface area contributed by atoms with Crippen LogP contribution < -0.4 is 5.84 Å². The molecule has 1 rings (SSSR count). The monoisotopic (exact) mass is 144 g/mol. The Hall–Kier alpha value is -0.0800. The first-order valence-corrected chi connectivity index (χ1v) is 4.28. The maximum atomic E-state index is 5.56. The van der Waals surface area contributed by atoms with Crippen molar-refractivity contribution in [2.24, 2.45) is 11.8 Å². The molecule has 1 aliphatic rings. The summed E-state index contributed by atoms with van der Waals surface area (Å²) in [6, 6.07) is 0. The van der Waals surface area contributed by atoms with Gasteiger partial charge in [-0.1, -0.05) is 20.8 Å². The fraction of sp³-hybridized carbons (Fsp3) is 1.00. The predicted octanol–water partition coefficient (Wildman–Crippen LogP) is 1.62. The number of hydrazine groups is 1. The molecule has 2 N–H and O–H groups in total. The number of nitrogens with zero attached hydrogens (tertiary/aromatic N) is 1. The predicted molar refractivity (Wildman–Crippen MR) is 45.5 cm³/mol. The van der Waals surface area contributed by atoms with E-state index in [0.29, 0.717) is 0 Å². The van der Waals surface area contributed by atoms with Crippen molar-refractivity contribution < 1.29 is 0 Å². The van der Waals surface area contributed by atoms with Crippen LogP contribution in [0.1, 0.15) is 33.6 Å². The van der Waals surface area contributed by atoms with E-state index < -0.39 is 0 Å². The molecule has 0 spiro atoms. The number of nitrogens with two attached hydrogens (primary N) is 1. The van der Waals surface area contributed by atoms with Gasteiger partial charge in [0, 0.05) is 13.1 Å². The summed E-state index contributed by atoms with van der Waals surface area (Å²) in [5.41, 5.74) is 0. The third-order valence-corrected chi connectivity index (χ3v) is 1.69. The summed E-state index contributed by atoms with van der Waals surface area (Å²) >= 11 is 0. The van der Waals surface area contributed by atoms with E-state index in [4.69, 9.17) is 5.84 Å². The van der Waals surface area contributed by atoms with Crippen molar-refractivity contribution in [3.63, 3.8) is 0 Å². The van der Waals surface area contributed by atoms with Crippen molar-refractivity contribution in [3.8, 4) is 0 Å². The lowest BCUT2D eigenvalue weighted by Crippen LogP contribution is -2.39. The van der Waals surface area contributed by atoms with Gasteiger partial charge in [-0.2, -0.15) is 0 Å². The Morgan fingerprint density at radius 3 is 2.30 bits per heavy atom. The lowest BCUT2D eigenvalue weighted by atomic mass is 10.0. The summed E-state index contributed by atoms with van der Waals surface area (Å²) in [4.78, 5) is 0. The fourth-order valence-corrected chi connectivity index (χ4v) is 1.23. The van der Waals surface area contributed by atoms with E-state index in [1.807, 2.05) is 18.9 Å². The molecule has 10 heavy (non-hydrogen) atoms. The number of hydrogen-bond donors (Lipinski definition) is 1. The quantitative estimate of drug-likeness (QED) is 0.523. The average Bonchev–Trinajstić information content (AvgIpc) is 1.91. The van der Waals surface area contributed by atoms with Crippen molar-refractivity contribution in [3.05, 3.63) is 0 Å². The smallest absolute Gasteiger partial charge is 0.0154 e. The summed E-state index contributed by atoms with van der Waals surface area (Å²) in [6.45, 7) is 8.42. The van der Waals surface area contributed by atoms with E-state index in [1.165, 1.54) is 12.8 Å². The molecule has 1 heterocycles. The molecule has 0 radical (unpaired) electrons. The molecule has 0 bridgehead atoms. The van der Waals surface area contributed by atoms with Crippen LogP contribution in [0.15, 0.2) is 0 Å². The second-order valence-corrected chi connectivity index (χ2v) is 2.74. The van der Waals surface area contributed by atoms with Crippen LogP contribution in [-0.4, -0.2) is 18.1 Å². The van der Waals surface area contributed by atoms with E-state index in [0.717, 1.165) is 19.0 Å². The molecule has 1 atom stereocenters. The Morgan fingerprint density at radius 2 is 2.00 bits per heavy atom. The Labute approximate surface area is 64.4 Å². The van der Waals surface area contributed by atoms with E-state index in [9.17, 15) is 0 Å². The van der Waals surface area contributed by atoms with Gasteiger partial charge in [0.15, 0.2) is 0 Å². The highest BCUT2D eigenvalue weighted by molar-refractivity contribution is 4.64. The first kappa shape index (κ1) is 9.92. The SMILES string of the molecule is CC.CC1CCCN(N)C1. The zero-order valence-electron chi connectivity index (χ0n) is 7.43. The Bertz CT molecular complexity index is 65.7. The number of rotatable bonds is 0. The third-order valence-electron chi connectivity index (χ3n) is 1.69. The van der Waals surface area contributed by atoms with Crippen molar-refractivity contribution >= 4 is 0 Å². The van der Waals surface area contributed by atoms with Gasteiger partial charge in [0.1, 0.15) is 0 Å². The molecule has 1 fully saturated rings. The molecule has 0 aliphatic carbocycles. The van der Waals surface area contributed by atoms with E-state index in [-0.39, 0.29) is 0 Å². The lowest BCUT2D eigenvalue weighted by Gasteiger charge is -2.26. The molecule has 1 saturated heterocycles. The zero-order chi connectivity index (χ0) is 7.98. The Kier molecular flexibility index (Phi) is 5.64. The maximum Gasteiger partial charge on any atom is 0.0154 e. The summed E-state index contributed by atoms with van der Waals surface area (Å²) in [5, 5.41) is 1.91. The molecule has 0 saturated carbocycles. The van der Waals surface area contributed by atoms with Crippen molar-refractivity contribution in [2.75, 3.05) is 13.1 Å². The highest BCUT2D eigenvalue weighted by atomic mass is 15.4. The third kappa shape index (κ3) is 3.85. The van der Waals surface area contributed by atoms with Gasteiger partial charge in [0.25, 0.3) is 0 Å². The topological polar surface area (TPSA) is 29.3 Å². The van der Waals surface area contributed by atoms with Crippen LogP contribution >= 0.6 is 0 Å². The Morgan fingerprint density at radius 1 is 1.40 bits per heavy atom. The van der Waals surface area contributed by atoms with Gasteiger partial charge in [0.2, 0.25) is 0 Å². The molecule has 0 amide bonds. The molecule has 1 unspecified atom stereocenters. The second-order valence-electron chi connectivity index (χ2n) is 2.74. The second kappa shape index (κ2) is 5.69. The molecule has 0 aromatic rings. The van der Waals surface area contributed by atoms with Crippen LogP contribution in [0.25, 0.3) is 0 Å². The molecular formula is C8H20N2. The summed E-state index contributed by atoms with van der Waals surface area (Å²) in [7, 11) is 0. The molecule has 2 nitrogen and oxygen atoms in total. The van der Waals surface area contributed by atoms with Gasteiger partial charge in [0.05, 0.1) is 0 Å². The summed E-state index contributed by atoms with van der Waals surface area (Å²) < 4.78 is 0. The van der Waals surface area contributed by atoms with Gasteiger partial charge in [-0.3, -0.25) is 5.84 Å². The average molecular weight is 144 g/mol. The summed E-state index contributed by atoms with van der Waals surface area (Å²) in [6.07, 6.45) is 2.63. The van der Waals surface area contributed by atoms with E-state index in [1.54, 1.807) is 0 Å². The zero-order valence-corrected chi connectivity index (χ0v) is 7.43. The van der Waals surface area contributed by atoms with Gasteiger partial charge in [-0.15, -0.1) is 0 Å². The molecule has 62 valence electrons. The minimum atomic E-state index is 0.814. The van der Waals surface area contributed by atoms with Crippen LogP contribution in [0, 0.1) is 5.92 Å². The van der Waals surface area contributed by atoms with Crippen molar-refractivity contribution in [1.82, 2.24) is 5.01 Å². The first-order chi connectivity index (χ1) is 4.79. The van der Waals surface area contributed by atoms with Gasteiger partial charge in [-0.25, -0.2) is 5.01 Å². The van der Waals surface area contributed by atoms with Crippen LogP contribution in [0.4, 0.5) is 0 Å². The van der Waals surface area contributed by atoms with Crippen molar-refractivity contribution in [1.29, 1.82) is 0 Å². The molecular weight excluding hydrogens is 124 g/mol. The normalized spacial score (nSPS) is 27.0. The van der Waals surface area contributed by atoms with Crippen LogP contribution in [0.2, 0.25) is 0 Å². The van der Waals surface area contributed by atoms with Crippen molar-refractivity contribution in [2.45, 2.75) is 33.6 Å².